The summed E-state index contributed by atoms with van der Waals surface area (Å²) in [6.07, 6.45) is 2.46. The van der Waals surface area contributed by atoms with Crippen LogP contribution in [0.1, 0.15) is 55.0 Å². The number of amides is 2. The fourth-order valence-corrected chi connectivity index (χ4v) is 3.69. The standard InChI is InChI=1S/C21H23F2N3O2.ClH/c1-12(27)25-20(17-7-5-14(22)10-18(17)23)11-21(28)26-19-4-2-3-13-9-15(24)6-8-16(13)19;/h5-10,19-20H,2-4,11,24H2,1H3,(H,25,27)(H,26,28);1H. The summed E-state index contributed by atoms with van der Waals surface area (Å²) in [6.45, 7) is 1.29. The second kappa shape index (κ2) is 9.69. The number of hydrogen-bond acceptors (Lipinski definition) is 3. The van der Waals surface area contributed by atoms with Crippen LogP contribution in [0.25, 0.3) is 0 Å². The number of nitrogens with one attached hydrogen (secondary N) is 2. The van der Waals surface area contributed by atoms with Crippen LogP contribution in [0.4, 0.5) is 14.5 Å². The molecule has 0 aromatic heterocycles. The highest BCUT2D eigenvalue weighted by molar-refractivity contribution is 5.85. The number of nitrogens with two attached hydrogens (primary N) is 1. The Morgan fingerprint density at radius 1 is 1.21 bits per heavy atom. The van der Waals surface area contributed by atoms with Crippen molar-refractivity contribution in [3.63, 3.8) is 0 Å². The first-order valence-corrected chi connectivity index (χ1v) is 9.23. The lowest BCUT2D eigenvalue weighted by Gasteiger charge is -2.27. The van der Waals surface area contributed by atoms with Gasteiger partial charge in [-0.2, -0.15) is 0 Å². The molecule has 0 saturated heterocycles. The molecule has 0 saturated carbocycles. The summed E-state index contributed by atoms with van der Waals surface area (Å²) < 4.78 is 27.4. The Morgan fingerprint density at radius 2 is 1.97 bits per heavy atom. The third-order valence-corrected chi connectivity index (χ3v) is 4.92. The summed E-state index contributed by atoms with van der Waals surface area (Å²) in [4.78, 5) is 24.2. The highest BCUT2D eigenvalue weighted by Gasteiger charge is 2.25. The summed E-state index contributed by atoms with van der Waals surface area (Å²) in [7, 11) is 0. The molecule has 3 rings (SSSR count). The van der Waals surface area contributed by atoms with E-state index in [1.807, 2.05) is 12.1 Å². The number of hydrogen-bond donors (Lipinski definition) is 3. The smallest absolute Gasteiger partial charge is 0.222 e. The van der Waals surface area contributed by atoms with Crippen LogP contribution in [0.15, 0.2) is 36.4 Å². The van der Waals surface area contributed by atoms with Crippen molar-refractivity contribution in [1.29, 1.82) is 0 Å². The molecule has 2 amide bonds. The molecule has 4 N–H and O–H groups in total. The van der Waals surface area contributed by atoms with E-state index in [1.165, 1.54) is 13.0 Å². The number of anilines is 1. The van der Waals surface area contributed by atoms with Crippen molar-refractivity contribution in [2.45, 2.75) is 44.7 Å². The van der Waals surface area contributed by atoms with Crippen LogP contribution in [0.5, 0.6) is 0 Å². The molecule has 0 fully saturated rings. The second-order valence-corrected chi connectivity index (χ2v) is 7.09. The van der Waals surface area contributed by atoms with E-state index in [1.54, 1.807) is 6.07 Å². The lowest BCUT2D eigenvalue weighted by atomic mass is 9.87. The quantitative estimate of drug-likeness (QED) is 0.640. The van der Waals surface area contributed by atoms with Gasteiger partial charge in [0.15, 0.2) is 0 Å². The van der Waals surface area contributed by atoms with Gasteiger partial charge >= 0.3 is 0 Å². The summed E-state index contributed by atoms with van der Waals surface area (Å²) in [5, 5.41) is 5.54. The summed E-state index contributed by atoms with van der Waals surface area (Å²) >= 11 is 0. The average Bonchev–Trinajstić information content (AvgIpc) is 2.60. The summed E-state index contributed by atoms with van der Waals surface area (Å²) in [6, 6.07) is 7.69. The highest BCUT2D eigenvalue weighted by Crippen LogP contribution is 2.31. The maximum absolute atomic E-state index is 14.2. The van der Waals surface area contributed by atoms with Gasteiger partial charge in [-0.25, -0.2) is 8.78 Å². The molecule has 156 valence electrons. The van der Waals surface area contributed by atoms with Crippen molar-refractivity contribution in [2.75, 3.05) is 5.73 Å². The molecule has 29 heavy (non-hydrogen) atoms. The Kier molecular flexibility index (Phi) is 7.56. The predicted octanol–water partition coefficient (Wildman–Crippen LogP) is 3.73. The fraction of sp³-hybridized carbons (Fsp3) is 0.333. The molecule has 0 aliphatic heterocycles. The number of rotatable bonds is 5. The second-order valence-electron chi connectivity index (χ2n) is 7.09. The van der Waals surface area contributed by atoms with E-state index >= 15 is 0 Å². The number of benzene rings is 2. The highest BCUT2D eigenvalue weighted by atomic mass is 35.5. The largest absolute Gasteiger partial charge is 0.399 e. The van der Waals surface area contributed by atoms with Gasteiger partial charge in [-0.15, -0.1) is 12.4 Å². The molecule has 2 atom stereocenters. The molecular formula is C21H24ClF2N3O2. The molecule has 1 aliphatic carbocycles. The van der Waals surface area contributed by atoms with Gasteiger partial charge in [-0.05, 0) is 48.6 Å². The molecule has 0 spiro atoms. The Morgan fingerprint density at radius 3 is 2.66 bits per heavy atom. The van der Waals surface area contributed by atoms with Crippen LogP contribution in [0, 0.1) is 11.6 Å². The zero-order chi connectivity index (χ0) is 20.3. The lowest BCUT2D eigenvalue weighted by molar-refractivity contribution is -0.123. The number of aryl methyl sites for hydroxylation is 1. The summed E-state index contributed by atoms with van der Waals surface area (Å²) in [5.41, 5.74) is 8.73. The first-order valence-electron chi connectivity index (χ1n) is 9.23. The van der Waals surface area contributed by atoms with Gasteiger partial charge in [-0.3, -0.25) is 9.59 Å². The molecule has 0 bridgehead atoms. The molecule has 1 aliphatic rings. The van der Waals surface area contributed by atoms with Gasteiger partial charge < -0.3 is 16.4 Å². The molecule has 0 heterocycles. The maximum atomic E-state index is 14.2. The zero-order valence-electron chi connectivity index (χ0n) is 16.0. The van der Waals surface area contributed by atoms with E-state index in [0.717, 1.165) is 42.5 Å². The van der Waals surface area contributed by atoms with Crippen LogP contribution >= 0.6 is 12.4 Å². The molecule has 0 radical (unpaired) electrons. The van der Waals surface area contributed by atoms with E-state index in [9.17, 15) is 18.4 Å². The fourth-order valence-electron chi connectivity index (χ4n) is 3.69. The molecule has 2 aromatic carbocycles. The molecule has 5 nitrogen and oxygen atoms in total. The molecule has 2 aromatic rings. The predicted molar refractivity (Wildman–Crippen MR) is 109 cm³/mol. The van der Waals surface area contributed by atoms with Crippen LogP contribution in [-0.4, -0.2) is 11.8 Å². The normalized spacial score (nSPS) is 16.2. The van der Waals surface area contributed by atoms with Crippen LogP contribution in [0.3, 0.4) is 0 Å². The van der Waals surface area contributed by atoms with Crippen molar-refractivity contribution in [1.82, 2.24) is 10.6 Å². The van der Waals surface area contributed by atoms with E-state index in [4.69, 9.17) is 5.73 Å². The van der Waals surface area contributed by atoms with Gasteiger partial charge in [0, 0.05) is 24.2 Å². The SMILES string of the molecule is CC(=O)NC(CC(=O)NC1CCCc2cc(N)ccc21)c1ccc(F)cc1F.Cl. The Hall–Kier alpha value is -2.67. The lowest BCUT2D eigenvalue weighted by Crippen LogP contribution is -2.35. The third-order valence-electron chi connectivity index (χ3n) is 4.92. The van der Waals surface area contributed by atoms with Crippen molar-refractivity contribution < 1.29 is 18.4 Å². The Labute approximate surface area is 174 Å². The van der Waals surface area contributed by atoms with Gasteiger partial charge in [0.2, 0.25) is 11.8 Å². The van der Waals surface area contributed by atoms with Crippen molar-refractivity contribution in [2.24, 2.45) is 0 Å². The minimum Gasteiger partial charge on any atom is -0.399 e. The Bertz CT molecular complexity index is 907. The topological polar surface area (TPSA) is 84.2 Å². The maximum Gasteiger partial charge on any atom is 0.222 e. The first kappa shape index (κ1) is 22.6. The monoisotopic (exact) mass is 423 g/mol. The first-order chi connectivity index (χ1) is 13.3. The van der Waals surface area contributed by atoms with Crippen LogP contribution in [-0.2, 0) is 16.0 Å². The molecular weight excluding hydrogens is 400 g/mol. The van der Waals surface area contributed by atoms with E-state index in [0.29, 0.717) is 5.69 Å². The van der Waals surface area contributed by atoms with Gasteiger partial charge in [0.05, 0.1) is 18.5 Å². The van der Waals surface area contributed by atoms with Crippen molar-refractivity contribution in [3.8, 4) is 0 Å². The van der Waals surface area contributed by atoms with Gasteiger partial charge in [-0.1, -0.05) is 12.1 Å². The molecule has 8 heteroatoms. The zero-order valence-corrected chi connectivity index (χ0v) is 16.8. The Balaban J connectivity index is 0.00000300. The minimum absolute atomic E-state index is 0. The minimum atomic E-state index is -0.882. The van der Waals surface area contributed by atoms with Crippen LogP contribution in [0.2, 0.25) is 0 Å². The van der Waals surface area contributed by atoms with Crippen molar-refractivity contribution >= 4 is 29.9 Å². The van der Waals surface area contributed by atoms with Gasteiger partial charge in [0.25, 0.3) is 0 Å². The number of fused-ring (bicyclic) bond motifs is 1. The van der Waals surface area contributed by atoms with E-state index in [2.05, 4.69) is 10.6 Å². The number of carbonyl (C=O) groups is 2. The van der Waals surface area contributed by atoms with Crippen LogP contribution < -0.4 is 16.4 Å². The molecule has 2 unspecified atom stereocenters. The number of halogens is 3. The van der Waals surface area contributed by atoms with Crippen molar-refractivity contribution in [3.05, 3.63) is 64.7 Å². The third kappa shape index (κ3) is 5.67. The van der Waals surface area contributed by atoms with Gasteiger partial charge in [0.1, 0.15) is 11.6 Å². The van der Waals surface area contributed by atoms with E-state index in [-0.39, 0.29) is 36.3 Å². The number of nitrogen functional groups attached to an aromatic ring is 1. The summed E-state index contributed by atoms with van der Waals surface area (Å²) in [5.74, 6) is -2.24. The number of carbonyl (C=O) groups excluding carboxylic acids is 2. The van der Waals surface area contributed by atoms with E-state index < -0.39 is 23.6 Å². The average molecular weight is 424 g/mol.